The number of benzene rings is 2. The molecule has 5 rings (SSSR count). The highest BCUT2D eigenvalue weighted by atomic mass is 19.4. The lowest BCUT2D eigenvalue weighted by atomic mass is 9.93. The van der Waals surface area contributed by atoms with Crippen LogP contribution in [0.2, 0.25) is 0 Å². The zero-order valence-electron chi connectivity index (χ0n) is 19.6. The second-order valence-corrected chi connectivity index (χ2v) is 10.2. The lowest BCUT2D eigenvalue weighted by molar-refractivity contribution is -0.137. The highest BCUT2D eigenvalue weighted by molar-refractivity contribution is 6.03. The van der Waals surface area contributed by atoms with Crippen LogP contribution in [0, 0.1) is 17.0 Å². The summed E-state index contributed by atoms with van der Waals surface area (Å²) in [5.74, 6) is -4.27. The monoisotopic (exact) mass is 519 g/mol. The Kier molecular flexibility index (Phi) is 5.65. The second kappa shape index (κ2) is 8.39. The van der Waals surface area contributed by atoms with Crippen LogP contribution in [0.25, 0.3) is 11.1 Å². The van der Waals surface area contributed by atoms with Crippen LogP contribution in [0.4, 0.5) is 27.6 Å². The van der Waals surface area contributed by atoms with E-state index in [0.717, 1.165) is 31.0 Å². The van der Waals surface area contributed by atoms with Crippen molar-refractivity contribution in [3.05, 3.63) is 71.1 Å². The molecule has 0 unspecified atom stereocenters. The number of anilines is 1. The number of hydrogen-bond acceptors (Lipinski definition) is 3. The van der Waals surface area contributed by atoms with Gasteiger partial charge in [-0.25, -0.2) is 13.6 Å². The van der Waals surface area contributed by atoms with Crippen molar-refractivity contribution in [2.45, 2.75) is 50.7 Å². The van der Waals surface area contributed by atoms with Crippen molar-refractivity contribution in [2.24, 2.45) is 5.41 Å². The quantitative estimate of drug-likeness (QED) is 0.374. The lowest BCUT2D eigenvalue weighted by Gasteiger charge is -2.18. The van der Waals surface area contributed by atoms with Gasteiger partial charge in [0.25, 0.3) is 0 Å². The standard InChI is InChI=1S/C26H22F5N3O3/c1-24(4-5-24)13-34-12-14(11-32-34)21-17(22(35)36)9-16(10-20(21)28)33-23(37)25(6-7-25)18-3-2-15(8-19(18)27)26(29,30)31/h2-3,8-12H,4-7,13H2,1H3,(H,33,37)(H,35,36). The molecule has 2 N–H and O–H groups in total. The van der Waals surface area contributed by atoms with Crippen molar-refractivity contribution in [3.63, 3.8) is 0 Å². The first kappa shape index (κ1) is 24.9. The van der Waals surface area contributed by atoms with E-state index >= 15 is 4.39 Å². The lowest BCUT2D eigenvalue weighted by Crippen LogP contribution is -2.29. The number of nitrogens with one attached hydrogen (secondary N) is 1. The molecule has 1 heterocycles. The molecule has 2 fully saturated rings. The number of halogens is 5. The van der Waals surface area contributed by atoms with Crippen LogP contribution in [-0.4, -0.2) is 26.8 Å². The fourth-order valence-corrected chi connectivity index (χ4v) is 4.56. The van der Waals surface area contributed by atoms with Crippen LogP contribution in [0.5, 0.6) is 0 Å². The molecule has 1 amide bonds. The van der Waals surface area contributed by atoms with Gasteiger partial charge in [0.05, 0.1) is 22.7 Å². The number of amides is 1. The Hall–Kier alpha value is -3.76. The molecule has 2 aliphatic carbocycles. The summed E-state index contributed by atoms with van der Waals surface area (Å²) in [4.78, 5) is 25.0. The molecule has 3 aromatic rings. The number of alkyl halides is 3. The minimum atomic E-state index is -4.74. The van der Waals surface area contributed by atoms with Crippen molar-refractivity contribution in [1.29, 1.82) is 0 Å². The maximum absolute atomic E-state index is 15.2. The largest absolute Gasteiger partial charge is 0.478 e. The number of carboxylic acid groups (broad SMARTS) is 1. The molecule has 2 aliphatic rings. The van der Waals surface area contributed by atoms with Gasteiger partial charge in [0, 0.05) is 35.1 Å². The Morgan fingerprint density at radius 1 is 1.08 bits per heavy atom. The van der Waals surface area contributed by atoms with Crippen LogP contribution in [-0.2, 0) is 22.9 Å². The molecule has 6 nitrogen and oxygen atoms in total. The molecule has 0 spiro atoms. The first-order chi connectivity index (χ1) is 17.3. The van der Waals surface area contributed by atoms with E-state index in [9.17, 15) is 32.3 Å². The van der Waals surface area contributed by atoms with Gasteiger partial charge in [-0.2, -0.15) is 18.3 Å². The molecule has 2 saturated carbocycles. The molecule has 37 heavy (non-hydrogen) atoms. The third-order valence-electron chi connectivity index (χ3n) is 7.14. The number of nitrogens with zero attached hydrogens (tertiary/aromatic N) is 2. The third kappa shape index (κ3) is 4.70. The van der Waals surface area contributed by atoms with Gasteiger partial charge in [0.1, 0.15) is 11.6 Å². The van der Waals surface area contributed by atoms with E-state index in [0.29, 0.717) is 18.7 Å². The van der Waals surface area contributed by atoms with Gasteiger partial charge in [0.15, 0.2) is 0 Å². The fourth-order valence-electron chi connectivity index (χ4n) is 4.56. The molecule has 194 valence electrons. The topological polar surface area (TPSA) is 84.2 Å². The van der Waals surface area contributed by atoms with Gasteiger partial charge < -0.3 is 10.4 Å². The van der Waals surface area contributed by atoms with Gasteiger partial charge >= 0.3 is 12.1 Å². The second-order valence-electron chi connectivity index (χ2n) is 10.2. The average molecular weight is 519 g/mol. The molecule has 0 saturated heterocycles. The van der Waals surface area contributed by atoms with Crippen LogP contribution >= 0.6 is 0 Å². The number of rotatable bonds is 7. The van der Waals surface area contributed by atoms with Crippen molar-refractivity contribution < 1.29 is 36.6 Å². The van der Waals surface area contributed by atoms with Gasteiger partial charge in [0.2, 0.25) is 5.91 Å². The predicted octanol–water partition coefficient (Wildman–Crippen LogP) is 6.02. The molecular weight excluding hydrogens is 497 g/mol. The summed E-state index contributed by atoms with van der Waals surface area (Å²) in [7, 11) is 0. The van der Waals surface area contributed by atoms with Gasteiger partial charge in [-0.3, -0.25) is 9.48 Å². The maximum atomic E-state index is 15.2. The van der Waals surface area contributed by atoms with Crippen LogP contribution in [0.3, 0.4) is 0 Å². The van der Waals surface area contributed by atoms with Crippen molar-refractivity contribution in [2.75, 3.05) is 5.32 Å². The van der Waals surface area contributed by atoms with Crippen molar-refractivity contribution in [3.8, 4) is 11.1 Å². The zero-order valence-corrected chi connectivity index (χ0v) is 19.6. The highest BCUT2D eigenvalue weighted by Gasteiger charge is 2.53. The summed E-state index contributed by atoms with van der Waals surface area (Å²) in [6, 6.07) is 4.02. The summed E-state index contributed by atoms with van der Waals surface area (Å²) < 4.78 is 70.1. The first-order valence-corrected chi connectivity index (χ1v) is 11.6. The minimum absolute atomic E-state index is 0.122. The molecule has 0 bridgehead atoms. The van der Waals surface area contributed by atoms with E-state index in [-0.39, 0.29) is 40.6 Å². The first-order valence-electron chi connectivity index (χ1n) is 11.6. The number of aromatic nitrogens is 2. The maximum Gasteiger partial charge on any atom is 0.416 e. The van der Waals surface area contributed by atoms with Crippen LogP contribution in [0.15, 0.2) is 42.7 Å². The average Bonchev–Trinajstić information content (AvgIpc) is 3.71. The molecule has 0 aliphatic heterocycles. The predicted molar refractivity (Wildman–Crippen MR) is 123 cm³/mol. The number of carbonyl (C=O) groups excluding carboxylic acids is 1. The van der Waals surface area contributed by atoms with E-state index in [2.05, 4.69) is 17.3 Å². The summed E-state index contributed by atoms with van der Waals surface area (Å²) >= 11 is 0. The van der Waals surface area contributed by atoms with Crippen LogP contribution in [0.1, 0.15) is 54.1 Å². The number of aromatic carboxylic acids is 1. The van der Waals surface area contributed by atoms with E-state index in [1.165, 1.54) is 6.20 Å². The normalized spacial score (nSPS) is 17.4. The van der Waals surface area contributed by atoms with E-state index < -0.39 is 46.2 Å². The van der Waals surface area contributed by atoms with E-state index in [1.807, 2.05) is 0 Å². The molecule has 0 radical (unpaired) electrons. The number of carbonyl (C=O) groups is 2. The summed E-state index contributed by atoms with van der Waals surface area (Å²) in [6.45, 7) is 2.71. The fraction of sp³-hybridized carbons (Fsp3) is 0.346. The molecular formula is C26H22F5N3O3. The summed E-state index contributed by atoms with van der Waals surface area (Å²) in [6.07, 6.45) is 0.640. The zero-order chi connectivity index (χ0) is 26.8. The van der Waals surface area contributed by atoms with Gasteiger partial charge in [-0.05, 0) is 55.4 Å². The van der Waals surface area contributed by atoms with Gasteiger partial charge in [-0.1, -0.05) is 13.0 Å². The SMILES string of the molecule is CC1(Cn2cc(-c3c(F)cc(NC(=O)C4(c5ccc(C(F)(F)F)cc5F)CC4)cc3C(=O)O)cn2)CC1. The number of carboxylic acids is 1. The Morgan fingerprint density at radius 2 is 1.78 bits per heavy atom. The van der Waals surface area contributed by atoms with Crippen molar-refractivity contribution in [1.82, 2.24) is 9.78 Å². The Labute approximate surface area is 208 Å². The number of hydrogen-bond donors (Lipinski definition) is 2. The summed E-state index contributed by atoms with van der Waals surface area (Å²) in [5, 5.41) is 16.4. The third-order valence-corrected chi connectivity index (χ3v) is 7.14. The Morgan fingerprint density at radius 3 is 2.35 bits per heavy atom. The highest BCUT2D eigenvalue weighted by Crippen LogP contribution is 2.50. The van der Waals surface area contributed by atoms with Crippen molar-refractivity contribution >= 4 is 17.6 Å². The van der Waals surface area contributed by atoms with E-state index in [1.54, 1.807) is 10.9 Å². The molecule has 11 heteroatoms. The molecule has 0 atom stereocenters. The smallest absolute Gasteiger partial charge is 0.416 e. The Bertz CT molecular complexity index is 1420. The molecule has 2 aromatic carbocycles. The van der Waals surface area contributed by atoms with Gasteiger partial charge in [-0.15, -0.1) is 0 Å². The van der Waals surface area contributed by atoms with Crippen LogP contribution < -0.4 is 5.32 Å². The minimum Gasteiger partial charge on any atom is -0.478 e. The summed E-state index contributed by atoms with van der Waals surface area (Å²) in [5.41, 5.74) is -3.18. The van der Waals surface area contributed by atoms with E-state index in [4.69, 9.17) is 0 Å². The Balaban J connectivity index is 1.42. The molecule has 1 aromatic heterocycles.